The minimum Gasteiger partial charge on any atom is -0.494 e. The van der Waals surface area contributed by atoms with E-state index in [2.05, 4.69) is 23.6 Å². The van der Waals surface area contributed by atoms with Gasteiger partial charge in [-0.2, -0.15) is 0 Å². The largest absolute Gasteiger partial charge is 0.494 e. The summed E-state index contributed by atoms with van der Waals surface area (Å²) < 4.78 is 15.5. The van der Waals surface area contributed by atoms with Crippen molar-refractivity contribution >= 4 is 40.0 Å². The fraction of sp³-hybridized carbons (Fsp3) is 0.206. The Kier molecular flexibility index (Phi) is 7.39. The van der Waals surface area contributed by atoms with Gasteiger partial charge in [0.05, 0.1) is 35.1 Å². The third-order valence-electron chi connectivity index (χ3n) is 7.60. The van der Waals surface area contributed by atoms with Gasteiger partial charge >= 0.3 is 5.97 Å². The molecule has 0 saturated heterocycles. The molecule has 1 aliphatic heterocycles. The number of ether oxygens (including phenoxy) is 2. The summed E-state index contributed by atoms with van der Waals surface area (Å²) in [5.74, 6) is 0.211. The molecule has 0 radical (unpaired) electrons. The van der Waals surface area contributed by atoms with Crippen LogP contribution in [-0.4, -0.2) is 28.3 Å². The van der Waals surface area contributed by atoms with Crippen molar-refractivity contribution in [3.05, 3.63) is 127 Å². The molecule has 0 aliphatic carbocycles. The lowest BCUT2D eigenvalue weighted by Gasteiger charge is -2.26. The lowest BCUT2D eigenvalue weighted by atomic mass is 9.93. The molecule has 1 aliphatic rings. The molecule has 8 heteroatoms. The van der Waals surface area contributed by atoms with Crippen LogP contribution in [0.2, 0.25) is 0 Å². The number of hydrogen-bond donors (Lipinski definition) is 0. The van der Waals surface area contributed by atoms with Crippen LogP contribution >= 0.6 is 11.3 Å². The van der Waals surface area contributed by atoms with Gasteiger partial charge in [0, 0.05) is 34.8 Å². The number of nitrogens with zero attached hydrogens (tertiary/aromatic N) is 3. The molecule has 0 amide bonds. The van der Waals surface area contributed by atoms with Gasteiger partial charge in [0.25, 0.3) is 5.56 Å². The zero-order chi connectivity index (χ0) is 29.4. The first kappa shape index (κ1) is 27.5. The monoisotopic (exact) mass is 577 g/mol. The Hall–Kier alpha value is -4.69. The van der Waals surface area contributed by atoms with Crippen molar-refractivity contribution in [2.75, 3.05) is 13.2 Å². The molecule has 1 unspecified atom stereocenters. The number of carbonyl (C=O) groups excluding carboxylic acids is 1. The molecule has 0 bridgehead atoms. The van der Waals surface area contributed by atoms with E-state index < -0.39 is 12.0 Å². The molecule has 0 N–H and O–H groups in total. The highest BCUT2D eigenvalue weighted by Crippen LogP contribution is 2.36. The van der Waals surface area contributed by atoms with E-state index >= 15 is 0 Å². The van der Waals surface area contributed by atoms with E-state index in [0.717, 1.165) is 33.3 Å². The van der Waals surface area contributed by atoms with Crippen LogP contribution in [0, 0.1) is 6.92 Å². The number of esters is 1. The highest BCUT2D eigenvalue weighted by Gasteiger charge is 2.35. The van der Waals surface area contributed by atoms with Crippen LogP contribution < -0.4 is 19.6 Å². The fourth-order valence-corrected chi connectivity index (χ4v) is 6.51. The standard InChI is InChI=1S/C34H31N3O4S/c1-5-40-24-18-16-23(17-19-24)31-29(33(39)41-6-2)30(22-12-8-7-9-13-22)35-34-37(31)32(38)28(42-34)20-26-21(3)36(4)27-15-11-10-14-25(26)27/h7-20,31H,5-6H2,1-4H3/b28-20+. The number of aromatic nitrogens is 2. The number of aryl methyl sites for hydroxylation is 1. The van der Waals surface area contributed by atoms with Crippen LogP contribution in [0.15, 0.2) is 94.2 Å². The lowest BCUT2D eigenvalue weighted by molar-refractivity contribution is -0.138. The second kappa shape index (κ2) is 11.3. The minimum atomic E-state index is -0.734. The molecule has 212 valence electrons. The van der Waals surface area contributed by atoms with Crippen molar-refractivity contribution in [3.8, 4) is 5.75 Å². The molecule has 2 aromatic heterocycles. The summed E-state index contributed by atoms with van der Waals surface area (Å²) in [6, 6.07) is 24.5. The van der Waals surface area contributed by atoms with Crippen molar-refractivity contribution in [2.24, 2.45) is 12.0 Å². The third-order valence-corrected chi connectivity index (χ3v) is 8.59. The summed E-state index contributed by atoms with van der Waals surface area (Å²) in [4.78, 5) is 33.4. The maximum Gasteiger partial charge on any atom is 0.338 e. The smallest absolute Gasteiger partial charge is 0.338 e. The van der Waals surface area contributed by atoms with Gasteiger partial charge in [-0.05, 0) is 50.6 Å². The Morgan fingerprint density at radius 3 is 2.40 bits per heavy atom. The lowest BCUT2D eigenvalue weighted by Crippen LogP contribution is -2.40. The first-order valence-electron chi connectivity index (χ1n) is 14.0. The Bertz CT molecular complexity index is 2020. The molecule has 6 rings (SSSR count). The molecule has 1 atom stereocenters. The van der Waals surface area contributed by atoms with E-state index in [1.165, 1.54) is 11.3 Å². The Morgan fingerprint density at radius 1 is 0.976 bits per heavy atom. The van der Waals surface area contributed by atoms with E-state index in [4.69, 9.17) is 14.5 Å². The number of hydrogen-bond acceptors (Lipinski definition) is 6. The van der Waals surface area contributed by atoms with Crippen molar-refractivity contribution in [2.45, 2.75) is 26.8 Å². The molecule has 0 saturated carbocycles. The molecule has 7 nitrogen and oxygen atoms in total. The number of thiazole rings is 1. The molecular weight excluding hydrogens is 546 g/mol. The number of para-hydroxylation sites is 1. The second-order valence-corrected chi connectivity index (χ2v) is 11.0. The maximum atomic E-state index is 14.3. The van der Waals surface area contributed by atoms with Crippen LogP contribution in [0.1, 0.15) is 42.3 Å². The van der Waals surface area contributed by atoms with Gasteiger partial charge < -0.3 is 14.0 Å². The van der Waals surface area contributed by atoms with Crippen LogP contribution in [-0.2, 0) is 16.6 Å². The van der Waals surface area contributed by atoms with Crippen molar-refractivity contribution < 1.29 is 14.3 Å². The van der Waals surface area contributed by atoms with E-state index in [0.29, 0.717) is 33.0 Å². The Morgan fingerprint density at radius 2 is 1.69 bits per heavy atom. The summed E-state index contributed by atoms with van der Waals surface area (Å²) in [6.45, 7) is 6.49. The van der Waals surface area contributed by atoms with Gasteiger partial charge in [-0.3, -0.25) is 9.36 Å². The Labute approximate surface area is 247 Å². The van der Waals surface area contributed by atoms with Crippen LogP contribution in [0.3, 0.4) is 0 Å². The van der Waals surface area contributed by atoms with Gasteiger partial charge in [0.2, 0.25) is 0 Å². The topological polar surface area (TPSA) is 74.8 Å². The van der Waals surface area contributed by atoms with Crippen molar-refractivity contribution in [1.82, 2.24) is 9.13 Å². The third kappa shape index (κ3) is 4.67. The van der Waals surface area contributed by atoms with Gasteiger partial charge in [-0.1, -0.05) is 72.0 Å². The predicted octanol–water partition coefficient (Wildman–Crippen LogP) is 5.13. The highest BCUT2D eigenvalue weighted by molar-refractivity contribution is 7.07. The summed E-state index contributed by atoms with van der Waals surface area (Å²) in [5, 5.41) is 1.07. The first-order valence-corrected chi connectivity index (χ1v) is 14.8. The number of carbonyl (C=O) groups is 1. The number of fused-ring (bicyclic) bond motifs is 2. The van der Waals surface area contributed by atoms with Crippen LogP contribution in [0.4, 0.5) is 0 Å². The van der Waals surface area contributed by atoms with Gasteiger partial charge in [-0.15, -0.1) is 0 Å². The highest BCUT2D eigenvalue weighted by atomic mass is 32.1. The average Bonchev–Trinajstić information content (AvgIpc) is 3.45. The quantitative estimate of drug-likeness (QED) is 0.251. The van der Waals surface area contributed by atoms with Gasteiger partial charge in [-0.25, -0.2) is 9.79 Å². The van der Waals surface area contributed by atoms with E-state index in [1.807, 2.05) is 86.8 Å². The molecule has 0 spiro atoms. The molecule has 5 aromatic rings. The van der Waals surface area contributed by atoms with Crippen molar-refractivity contribution in [3.63, 3.8) is 0 Å². The number of rotatable bonds is 7. The molecular formula is C34H31N3O4S. The van der Waals surface area contributed by atoms with Gasteiger partial charge in [0.15, 0.2) is 4.80 Å². The van der Waals surface area contributed by atoms with Crippen LogP contribution in [0.5, 0.6) is 5.75 Å². The summed E-state index contributed by atoms with van der Waals surface area (Å²) in [7, 11) is 2.03. The second-order valence-electron chi connectivity index (χ2n) is 10.0. The summed E-state index contributed by atoms with van der Waals surface area (Å²) >= 11 is 1.33. The van der Waals surface area contributed by atoms with Crippen LogP contribution in [0.25, 0.3) is 22.7 Å². The zero-order valence-corrected chi connectivity index (χ0v) is 24.8. The fourth-order valence-electron chi connectivity index (χ4n) is 5.53. The molecule has 3 heterocycles. The normalized spacial score (nSPS) is 15.0. The Balaban J connectivity index is 1.65. The molecule has 0 fully saturated rings. The predicted molar refractivity (Wildman–Crippen MR) is 166 cm³/mol. The minimum absolute atomic E-state index is 0.200. The SMILES string of the molecule is CCOC(=O)C1=C(c2ccccc2)N=c2s/c(=C/c3c(C)n(C)c4ccccc34)c(=O)n2C1c1ccc(OCC)cc1. The van der Waals surface area contributed by atoms with E-state index in [1.54, 1.807) is 11.5 Å². The number of benzene rings is 3. The van der Waals surface area contributed by atoms with E-state index in [-0.39, 0.29) is 12.2 Å². The van der Waals surface area contributed by atoms with E-state index in [9.17, 15) is 9.59 Å². The summed E-state index contributed by atoms with van der Waals surface area (Å²) in [6.07, 6.45) is 1.95. The molecule has 3 aromatic carbocycles. The average molecular weight is 578 g/mol. The summed E-state index contributed by atoms with van der Waals surface area (Å²) in [5.41, 5.74) is 5.30. The zero-order valence-electron chi connectivity index (χ0n) is 24.0. The maximum absolute atomic E-state index is 14.3. The van der Waals surface area contributed by atoms with Gasteiger partial charge in [0.1, 0.15) is 5.75 Å². The molecule has 42 heavy (non-hydrogen) atoms. The first-order chi connectivity index (χ1) is 20.4. The van der Waals surface area contributed by atoms with Crippen molar-refractivity contribution in [1.29, 1.82) is 0 Å².